The van der Waals surface area contributed by atoms with Crippen LogP contribution >= 0.6 is 0 Å². The maximum Gasteiger partial charge on any atom is 0.0472 e. The molecule has 0 spiro atoms. The average molecular weight is 110 g/mol. The van der Waals surface area contributed by atoms with Crippen LogP contribution in [-0.2, 0) is 0 Å². The van der Waals surface area contributed by atoms with Gasteiger partial charge in [-0.05, 0) is 12.8 Å². The highest BCUT2D eigenvalue weighted by Gasteiger charge is 2.28. The number of nitrogens with zero attached hydrogens (tertiary/aromatic N) is 2. The summed E-state index contributed by atoms with van der Waals surface area (Å²) < 4.78 is 0. The number of rotatable bonds is 1. The van der Waals surface area contributed by atoms with Crippen molar-refractivity contribution in [2.45, 2.75) is 25.3 Å². The molecule has 2 nitrogen and oxygen atoms in total. The van der Waals surface area contributed by atoms with Crippen molar-refractivity contribution in [1.29, 1.82) is 0 Å². The first-order chi connectivity index (χ1) is 3.97. The van der Waals surface area contributed by atoms with Gasteiger partial charge in [0.05, 0.1) is 0 Å². The molecule has 0 aromatic carbocycles. The van der Waals surface area contributed by atoms with Gasteiger partial charge in [-0.1, -0.05) is 0 Å². The van der Waals surface area contributed by atoms with Crippen molar-refractivity contribution < 1.29 is 0 Å². The maximum atomic E-state index is 4.21. The van der Waals surface area contributed by atoms with Gasteiger partial charge in [-0.3, -0.25) is 5.01 Å². The summed E-state index contributed by atoms with van der Waals surface area (Å²) in [6, 6.07) is 0.828. The molecule has 0 atom stereocenters. The Morgan fingerprint density at radius 1 is 1.50 bits per heavy atom. The zero-order chi connectivity index (χ0) is 5.40. The Labute approximate surface area is 49.2 Å². The molecule has 0 radical (unpaired) electrons. The predicted octanol–water partition coefficient (Wildman–Crippen LogP) is 0.840. The molecule has 1 heterocycles. The maximum absolute atomic E-state index is 4.21. The normalized spacial score (nSPS) is 27.2. The van der Waals surface area contributed by atoms with E-state index in [2.05, 4.69) is 10.1 Å². The molecule has 0 N–H and O–H groups in total. The molecule has 0 amide bonds. The lowest BCUT2D eigenvalue weighted by Crippen LogP contribution is -2.15. The van der Waals surface area contributed by atoms with Crippen molar-refractivity contribution in [3.05, 3.63) is 0 Å². The van der Waals surface area contributed by atoms with E-state index in [-0.39, 0.29) is 0 Å². The second-order valence-electron chi connectivity index (χ2n) is 2.48. The van der Waals surface area contributed by atoms with Gasteiger partial charge in [-0.15, -0.1) is 0 Å². The summed E-state index contributed by atoms with van der Waals surface area (Å²) in [7, 11) is 0. The van der Waals surface area contributed by atoms with Gasteiger partial charge in [0.15, 0.2) is 0 Å². The first-order valence-electron chi connectivity index (χ1n) is 3.26. The van der Waals surface area contributed by atoms with Crippen LogP contribution < -0.4 is 0 Å². The van der Waals surface area contributed by atoms with Crippen molar-refractivity contribution in [1.82, 2.24) is 5.01 Å². The third-order valence-electron chi connectivity index (χ3n) is 1.69. The predicted molar refractivity (Wildman–Crippen MR) is 32.8 cm³/mol. The summed E-state index contributed by atoms with van der Waals surface area (Å²) in [6.45, 7) is 1.17. The zero-order valence-corrected chi connectivity index (χ0v) is 4.88. The third kappa shape index (κ3) is 0.602. The van der Waals surface area contributed by atoms with Crippen LogP contribution in [0.3, 0.4) is 0 Å². The molecule has 1 fully saturated rings. The molecule has 0 aromatic heterocycles. The Morgan fingerprint density at radius 2 is 2.38 bits per heavy atom. The van der Waals surface area contributed by atoms with E-state index in [1.807, 2.05) is 6.21 Å². The summed E-state index contributed by atoms with van der Waals surface area (Å²) >= 11 is 0. The van der Waals surface area contributed by atoms with Gasteiger partial charge in [0.25, 0.3) is 0 Å². The molecule has 0 unspecified atom stereocenters. The summed E-state index contributed by atoms with van der Waals surface area (Å²) in [4.78, 5) is 0. The summed E-state index contributed by atoms with van der Waals surface area (Å²) in [6.07, 6.45) is 5.92. The van der Waals surface area contributed by atoms with E-state index in [1.165, 1.54) is 19.4 Å². The zero-order valence-electron chi connectivity index (χ0n) is 4.88. The van der Waals surface area contributed by atoms with E-state index in [1.54, 1.807) is 0 Å². The molecule has 8 heavy (non-hydrogen) atoms. The molecule has 0 saturated heterocycles. The van der Waals surface area contributed by atoms with Crippen molar-refractivity contribution in [2.75, 3.05) is 6.54 Å². The van der Waals surface area contributed by atoms with E-state index in [0.717, 1.165) is 12.5 Å². The van der Waals surface area contributed by atoms with Gasteiger partial charge in [0.2, 0.25) is 0 Å². The van der Waals surface area contributed by atoms with Crippen molar-refractivity contribution in [2.24, 2.45) is 5.10 Å². The smallest absolute Gasteiger partial charge is 0.0472 e. The topological polar surface area (TPSA) is 15.6 Å². The van der Waals surface area contributed by atoms with Crippen LogP contribution in [0.15, 0.2) is 5.10 Å². The van der Waals surface area contributed by atoms with Crippen molar-refractivity contribution >= 4 is 6.21 Å². The number of hydrazone groups is 1. The lowest BCUT2D eigenvalue weighted by molar-refractivity contribution is 0.308. The monoisotopic (exact) mass is 110 g/mol. The molecular weight excluding hydrogens is 100 g/mol. The Kier molecular flexibility index (Phi) is 0.802. The lowest BCUT2D eigenvalue weighted by Gasteiger charge is -2.10. The Hall–Kier alpha value is -0.530. The van der Waals surface area contributed by atoms with Crippen LogP contribution in [0.2, 0.25) is 0 Å². The van der Waals surface area contributed by atoms with Crippen LogP contribution in [0.1, 0.15) is 19.3 Å². The fourth-order valence-corrected chi connectivity index (χ4v) is 1.06. The number of hydrogen-bond donors (Lipinski definition) is 0. The molecule has 0 bridgehead atoms. The second kappa shape index (κ2) is 1.47. The molecule has 1 aliphatic carbocycles. The fourth-order valence-electron chi connectivity index (χ4n) is 1.06. The van der Waals surface area contributed by atoms with E-state index >= 15 is 0 Å². The van der Waals surface area contributed by atoms with Gasteiger partial charge in [0, 0.05) is 25.2 Å². The molecule has 2 rings (SSSR count). The van der Waals surface area contributed by atoms with Crippen LogP contribution in [0.5, 0.6) is 0 Å². The SMILES string of the molecule is C1=NN(C2CC2)CC1. The quantitative estimate of drug-likeness (QED) is 0.488. The summed E-state index contributed by atoms with van der Waals surface area (Å²) in [5, 5.41) is 6.41. The Bertz CT molecular complexity index is 116. The third-order valence-corrected chi connectivity index (χ3v) is 1.69. The number of hydrogen-bond acceptors (Lipinski definition) is 2. The summed E-state index contributed by atoms with van der Waals surface area (Å²) in [5.41, 5.74) is 0. The fraction of sp³-hybridized carbons (Fsp3) is 0.833. The first-order valence-corrected chi connectivity index (χ1v) is 3.26. The molecule has 1 aliphatic heterocycles. The highest BCUT2D eigenvalue weighted by atomic mass is 15.5. The molecule has 2 aliphatic rings. The largest absolute Gasteiger partial charge is 0.294 e. The van der Waals surface area contributed by atoms with Gasteiger partial charge in [-0.2, -0.15) is 5.10 Å². The highest BCUT2D eigenvalue weighted by molar-refractivity contribution is 5.58. The lowest BCUT2D eigenvalue weighted by atomic mass is 10.5. The standard InChI is InChI=1S/C6H10N2/c1-4-7-8(5-1)6-2-3-6/h4,6H,1-3,5H2. The average Bonchev–Trinajstić information content (AvgIpc) is 2.49. The van der Waals surface area contributed by atoms with Gasteiger partial charge >= 0.3 is 0 Å². The highest BCUT2D eigenvalue weighted by Crippen LogP contribution is 2.27. The minimum Gasteiger partial charge on any atom is -0.294 e. The molecule has 44 valence electrons. The van der Waals surface area contributed by atoms with Crippen LogP contribution in [-0.4, -0.2) is 23.8 Å². The van der Waals surface area contributed by atoms with E-state index in [4.69, 9.17) is 0 Å². The summed E-state index contributed by atoms with van der Waals surface area (Å²) in [5.74, 6) is 0. The van der Waals surface area contributed by atoms with E-state index in [0.29, 0.717) is 0 Å². The molecule has 1 saturated carbocycles. The van der Waals surface area contributed by atoms with Crippen molar-refractivity contribution in [3.63, 3.8) is 0 Å². The van der Waals surface area contributed by atoms with Crippen LogP contribution in [0.25, 0.3) is 0 Å². The Balaban J connectivity index is 1.95. The Morgan fingerprint density at radius 3 is 2.88 bits per heavy atom. The van der Waals surface area contributed by atoms with Crippen molar-refractivity contribution in [3.8, 4) is 0 Å². The van der Waals surface area contributed by atoms with Gasteiger partial charge in [-0.25, -0.2) is 0 Å². The van der Waals surface area contributed by atoms with E-state index in [9.17, 15) is 0 Å². The van der Waals surface area contributed by atoms with E-state index < -0.39 is 0 Å². The van der Waals surface area contributed by atoms with Crippen LogP contribution in [0, 0.1) is 0 Å². The minimum atomic E-state index is 0.828. The van der Waals surface area contributed by atoms with Gasteiger partial charge < -0.3 is 0 Å². The van der Waals surface area contributed by atoms with Crippen LogP contribution in [0.4, 0.5) is 0 Å². The minimum absolute atomic E-state index is 0.828. The second-order valence-corrected chi connectivity index (χ2v) is 2.48. The molecule has 2 heteroatoms. The molecular formula is C6H10N2. The molecule has 0 aromatic rings. The van der Waals surface area contributed by atoms with Gasteiger partial charge in [0.1, 0.15) is 0 Å². The first kappa shape index (κ1) is 4.36.